The lowest BCUT2D eigenvalue weighted by Gasteiger charge is -1.99. The van der Waals surface area contributed by atoms with Gasteiger partial charge in [-0.05, 0) is 36.1 Å². The summed E-state index contributed by atoms with van der Waals surface area (Å²) in [6.07, 6.45) is 16.1. The van der Waals surface area contributed by atoms with Crippen molar-refractivity contribution in [3.05, 3.63) is 77.9 Å². The van der Waals surface area contributed by atoms with E-state index in [1.165, 1.54) is 11.1 Å². The maximum absolute atomic E-state index is 8.63. The summed E-state index contributed by atoms with van der Waals surface area (Å²) >= 11 is 0. The highest BCUT2D eigenvalue weighted by molar-refractivity contribution is 5.44. The zero-order valence-corrected chi connectivity index (χ0v) is 11.1. The molecule has 2 aliphatic carbocycles. The number of aromatic hydroxyl groups is 1. The molecule has 0 aromatic heterocycles. The molecule has 0 spiro atoms. The lowest BCUT2D eigenvalue weighted by atomic mass is 10.1. The lowest BCUT2D eigenvalue weighted by molar-refractivity contribution is 0.475. The highest BCUT2D eigenvalue weighted by Gasteiger charge is 2.05. The summed E-state index contributed by atoms with van der Waals surface area (Å²) in [7, 11) is 0. The Balaban J connectivity index is 0.000000176. The van der Waals surface area contributed by atoms with Gasteiger partial charge in [-0.1, -0.05) is 54.7 Å². The summed E-state index contributed by atoms with van der Waals surface area (Å²) in [6.45, 7) is 0. The molecular weight excluding hydrogens is 250 g/mol. The van der Waals surface area contributed by atoms with Gasteiger partial charge in [-0.3, -0.25) is 0 Å². The number of allylic oxidation sites excluding steroid dienone is 8. The molecule has 0 unspecified atom stereocenters. The van der Waals surface area contributed by atoms with Crippen molar-refractivity contribution in [2.24, 2.45) is 0 Å². The van der Waals surface area contributed by atoms with Gasteiger partial charge < -0.3 is 10.2 Å². The van der Waals surface area contributed by atoms with E-state index in [4.69, 9.17) is 15.5 Å². The molecule has 1 aromatic rings. The minimum Gasteiger partial charge on any atom is -0.508 e. The first-order valence-electron chi connectivity index (χ1n) is 6.27. The third kappa shape index (κ3) is 5.74. The molecule has 2 aliphatic rings. The molecule has 3 rings (SSSR count). The van der Waals surface area contributed by atoms with Crippen molar-refractivity contribution in [3.8, 4) is 12.0 Å². The summed E-state index contributed by atoms with van der Waals surface area (Å²) in [5.41, 5.74) is 2.98. The van der Waals surface area contributed by atoms with Crippen molar-refractivity contribution in [1.29, 1.82) is 5.26 Å². The molecule has 0 atom stereocenters. The summed E-state index contributed by atoms with van der Waals surface area (Å²) in [6, 6.07) is 8.71. The number of aliphatic hydroxyl groups excluding tert-OH is 1. The van der Waals surface area contributed by atoms with Crippen molar-refractivity contribution in [2.75, 3.05) is 0 Å². The van der Waals surface area contributed by atoms with E-state index in [1.54, 1.807) is 24.3 Å². The van der Waals surface area contributed by atoms with Crippen LogP contribution in [0.2, 0.25) is 0 Å². The number of phenolic OH excluding ortho intramolecular Hbond substituents is 1. The molecule has 0 amide bonds. The molecule has 20 heavy (non-hydrogen) atoms. The molecule has 0 radical (unpaired) electrons. The van der Waals surface area contributed by atoms with Crippen LogP contribution >= 0.6 is 0 Å². The largest absolute Gasteiger partial charge is 0.508 e. The predicted octanol–water partition coefficient (Wildman–Crippen LogP) is 3.99. The first kappa shape index (κ1) is 15.3. The van der Waals surface area contributed by atoms with E-state index in [2.05, 4.69) is 36.5 Å². The van der Waals surface area contributed by atoms with Crippen LogP contribution in [0.3, 0.4) is 0 Å². The molecule has 0 saturated carbocycles. The number of hydrogen-bond donors (Lipinski definition) is 2. The molecular formula is C17H17NO2. The number of rotatable bonds is 1. The maximum Gasteiger partial charge on any atom is 0.283 e. The molecule has 0 fully saturated rings. The topological polar surface area (TPSA) is 64.2 Å². The molecule has 0 aliphatic heterocycles. The van der Waals surface area contributed by atoms with E-state index in [1.807, 2.05) is 6.07 Å². The average molecular weight is 267 g/mol. The van der Waals surface area contributed by atoms with Crippen LogP contribution in [0, 0.1) is 11.5 Å². The van der Waals surface area contributed by atoms with Crippen LogP contribution in [0.5, 0.6) is 5.75 Å². The monoisotopic (exact) mass is 267 g/mol. The number of benzene rings is 1. The van der Waals surface area contributed by atoms with Crippen molar-refractivity contribution < 1.29 is 10.2 Å². The summed E-state index contributed by atoms with van der Waals surface area (Å²) in [5.74, 6) is 0.322. The standard InChI is InChI=1S/C10H10.C6H6O.CHNO/c1-2-6-9(5-1)10-7-3-4-8-10;7-6-4-2-1-3-5-6;2-1-3/h1-5,7H,6,8H2;1-5,7H;3H. The van der Waals surface area contributed by atoms with E-state index in [0.717, 1.165) is 19.1 Å². The van der Waals surface area contributed by atoms with Gasteiger partial charge in [-0.15, -0.1) is 0 Å². The smallest absolute Gasteiger partial charge is 0.283 e. The Morgan fingerprint density at radius 3 is 1.60 bits per heavy atom. The van der Waals surface area contributed by atoms with Gasteiger partial charge in [0, 0.05) is 0 Å². The molecule has 3 nitrogen and oxygen atoms in total. The number of nitriles is 1. The fourth-order valence-corrected chi connectivity index (χ4v) is 1.80. The van der Waals surface area contributed by atoms with Crippen LogP contribution in [-0.4, -0.2) is 10.2 Å². The van der Waals surface area contributed by atoms with E-state index in [9.17, 15) is 0 Å². The Morgan fingerprint density at radius 1 is 0.900 bits per heavy atom. The molecule has 2 N–H and O–H groups in total. The first-order valence-corrected chi connectivity index (χ1v) is 6.27. The van der Waals surface area contributed by atoms with E-state index in [-0.39, 0.29) is 0 Å². The Labute approximate surface area is 119 Å². The van der Waals surface area contributed by atoms with Crippen LogP contribution in [0.4, 0.5) is 0 Å². The van der Waals surface area contributed by atoms with Gasteiger partial charge >= 0.3 is 0 Å². The summed E-state index contributed by atoms with van der Waals surface area (Å²) in [5, 5.41) is 22.4. The third-order valence-corrected chi connectivity index (χ3v) is 2.71. The molecule has 102 valence electrons. The first-order chi connectivity index (χ1) is 9.77. The second-order valence-electron chi connectivity index (χ2n) is 4.08. The zero-order valence-electron chi connectivity index (χ0n) is 11.1. The number of hydrogen-bond acceptors (Lipinski definition) is 3. The zero-order chi connectivity index (χ0) is 14.6. The van der Waals surface area contributed by atoms with Gasteiger partial charge in [0.15, 0.2) is 0 Å². The number of phenols is 1. The number of nitrogens with zero attached hydrogens (tertiary/aromatic N) is 1. The van der Waals surface area contributed by atoms with Gasteiger partial charge in [-0.25, -0.2) is 0 Å². The van der Waals surface area contributed by atoms with Gasteiger partial charge in [0.05, 0.1) is 0 Å². The van der Waals surface area contributed by atoms with Crippen molar-refractivity contribution in [1.82, 2.24) is 0 Å². The van der Waals surface area contributed by atoms with Crippen LogP contribution < -0.4 is 0 Å². The summed E-state index contributed by atoms with van der Waals surface area (Å²) < 4.78 is 0. The minimum absolute atomic E-state index is 0.322. The highest BCUT2D eigenvalue weighted by atomic mass is 16.3. The highest BCUT2D eigenvalue weighted by Crippen LogP contribution is 2.25. The molecule has 1 aromatic carbocycles. The third-order valence-electron chi connectivity index (χ3n) is 2.71. The Bertz CT molecular complexity index is 532. The Kier molecular flexibility index (Phi) is 7.08. The van der Waals surface area contributed by atoms with E-state index >= 15 is 0 Å². The molecule has 3 heteroatoms. The number of aliphatic hydroxyl groups is 1. The minimum atomic E-state index is 0.322. The van der Waals surface area contributed by atoms with Gasteiger partial charge in [0.25, 0.3) is 6.26 Å². The average Bonchev–Trinajstić information content (AvgIpc) is 3.14. The summed E-state index contributed by atoms with van der Waals surface area (Å²) in [4.78, 5) is 0. The van der Waals surface area contributed by atoms with Crippen molar-refractivity contribution >= 4 is 0 Å². The fraction of sp³-hybridized carbons (Fsp3) is 0.118. The van der Waals surface area contributed by atoms with Crippen molar-refractivity contribution in [2.45, 2.75) is 12.8 Å². The molecule has 0 heterocycles. The second kappa shape index (κ2) is 9.23. The Morgan fingerprint density at radius 2 is 1.35 bits per heavy atom. The normalized spacial score (nSPS) is 14.2. The lowest BCUT2D eigenvalue weighted by Crippen LogP contribution is -1.80. The van der Waals surface area contributed by atoms with Crippen LogP contribution in [0.25, 0.3) is 0 Å². The van der Waals surface area contributed by atoms with Crippen LogP contribution in [-0.2, 0) is 0 Å². The Hall–Kier alpha value is -2.73. The van der Waals surface area contributed by atoms with Gasteiger partial charge in [0.2, 0.25) is 0 Å². The van der Waals surface area contributed by atoms with Crippen LogP contribution in [0.1, 0.15) is 12.8 Å². The fourth-order valence-electron chi connectivity index (χ4n) is 1.80. The SMILES string of the molecule is C1=CCC(C2=CC=CC2)=C1.N#CO.Oc1ccccc1. The van der Waals surface area contributed by atoms with Gasteiger partial charge in [0.1, 0.15) is 5.75 Å². The van der Waals surface area contributed by atoms with Gasteiger partial charge in [-0.2, -0.15) is 5.26 Å². The van der Waals surface area contributed by atoms with Crippen LogP contribution in [0.15, 0.2) is 77.9 Å². The van der Waals surface area contributed by atoms with E-state index in [0.29, 0.717) is 5.75 Å². The molecule has 0 bridgehead atoms. The van der Waals surface area contributed by atoms with E-state index < -0.39 is 0 Å². The molecule has 0 saturated heterocycles. The maximum atomic E-state index is 8.63. The quantitative estimate of drug-likeness (QED) is 0.756. The predicted molar refractivity (Wildman–Crippen MR) is 79.3 cm³/mol. The second-order valence-corrected chi connectivity index (χ2v) is 4.08. The number of para-hydroxylation sites is 1. The van der Waals surface area contributed by atoms with Crippen molar-refractivity contribution in [3.63, 3.8) is 0 Å².